The first-order chi connectivity index (χ1) is 19.4. The molecule has 3 aliphatic rings. The quantitative estimate of drug-likeness (QED) is 0.313. The standard InChI is InChI=1S/C33H29NO7/c1-18(2)30(38)40-32-22-13-9-10-14-23(22)33(41-31(39)19(3)4,25-17-20(5)15-16-24(25)32)27(29(36)37)26(32)28(35)34-21-11-7-6-8-12-21/h6-17,26-27H,1,3H2,2,4-5H3,(H,34,35)(H,36,37). The number of carbonyl (C=O) groups is 4. The molecule has 1 amide bonds. The first-order valence-electron chi connectivity index (χ1n) is 13.0. The first-order valence-corrected chi connectivity index (χ1v) is 13.0. The molecule has 0 saturated carbocycles. The topological polar surface area (TPSA) is 119 Å². The van der Waals surface area contributed by atoms with E-state index in [1.807, 2.05) is 6.92 Å². The van der Waals surface area contributed by atoms with Gasteiger partial charge >= 0.3 is 17.9 Å². The van der Waals surface area contributed by atoms with Crippen LogP contribution in [0.1, 0.15) is 41.7 Å². The van der Waals surface area contributed by atoms with Gasteiger partial charge in [0.05, 0.1) is 0 Å². The maximum Gasteiger partial charge on any atom is 0.334 e. The van der Waals surface area contributed by atoms with Crippen molar-refractivity contribution in [2.24, 2.45) is 11.8 Å². The summed E-state index contributed by atoms with van der Waals surface area (Å²) in [6.07, 6.45) is 0. The Balaban J connectivity index is 1.92. The molecular formula is C33H29NO7. The second-order valence-corrected chi connectivity index (χ2v) is 10.6. The van der Waals surface area contributed by atoms with Gasteiger partial charge in [-0.05, 0) is 32.9 Å². The van der Waals surface area contributed by atoms with E-state index in [0.717, 1.165) is 5.56 Å². The maximum atomic E-state index is 14.3. The van der Waals surface area contributed by atoms with Crippen LogP contribution in [-0.2, 0) is 39.9 Å². The Hall–Kier alpha value is -4.98. The summed E-state index contributed by atoms with van der Waals surface area (Å²) in [5.41, 5.74) is -1.26. The molecule has 208 valence electrons. The number of carboxylic acid groups (broad SMARTS) is 1. The fourth-order valence-electron chi connectivity index (χ4n) is 6.06. The summed E-state index contributed by atoms with van der Waals surface area (Å²) in [6, 6.07) is 20.4. The fraction of sp³-hybridized carbons (Fsp3) is 0.212. The molecule has 0 aliphatic heterocycles. The number of carbonyl (C=O) groups excluding carboxylic acids is 3. The zero-order valence-corrected chi connectivity index (χ0v) is 22.9. The normalized spacial score (nSPS) is 23.4. The number of amides is 1. The number of aryl methyl sites for hydroxylation is 1. The minimum atomic E-state index is -1.95. The van der Waals surface area contributed by atoms with E-state index >= 15 is 0 Å². The molecule has 6 rings (SSSR count). The van der Waals surface area contributed by atoms with Crippen molar-refractivity contribution < 1.29 is 33.8 Å². The van der Waals surface area contributed by atoms with E-state index in [1.54, 1.807) is 72.8 Å². The Morgan fingerprint density at radius 1 is 0.732 bits per heavy atom. The third kappa shape index (κ3) is 4.06. The average molecular weight is 552 g/mol. The molecule has 8 heteroatoms. The van der Waals surface area contributed by atoms with Crippen LogP contribution in [0.5, 0.6) is 0 Å². The summed E-state index contributed by atoms with van der Waals surface area (Å²) in [5, 5.41) is 13.7. The SMILES string of the molecule is C=C(C)C(=O)OC12c3ccccc3C(OC(=O)C(=C)C)(c3ccc(C)cc31)C(C(=O)Nc1ccccc1)C2C(=O)O. The van der Waals surface area contributed by atoms with E-state index in [1.165, 1.54) is 13.8 Å². The number of fused-ring (bicyclic) bond motifs is 1. The molecule has 0 radical (unpaired) electrons. The molecule has 0 spiro atoms. The van der Waals surface area contributed by atoms with Crippen molar-refractivity contribution in [3.8, 4) is 0 Å². The largest absolute Gasteiger partial charge is 0.481 e. The number of hydrogen-bond donors (Lipinski definition) is 2. The van der Waals surface area contributed by atoms with Gasteiger partial charge in [0.25, 0.3) is 0 Å². The lowest BCUT2D eigenvalue weighted by atomic mass is 9.49. The lowest BCUT2D eigenvalue weighted by Gasteiger charge is -2.59. The molecular weight excluding hydrogens is 522 g/mol. The van der Waals surface area contributed by atoms with Crippen LogP contribution in [0, 0.1) is 18.8 Å². The molecule has 3 aliphatic carbocycles. The van der Waals surface area contributed by atoms with Crippen molar-refractivity contribution in [2.45, 2.75) is 32.0 Å². The van der Waals surface area contributed by atoms with E-state index in [4.69, 9.17) is 9.47 Å². The van der Waals surface area contributed by atoms with E-state index in [0.29, 0.717) is 27.9 Å². The highest BCUT2D eigenvalue weighted by molar-refractivity contribution is 6.00. The molecule has 0 saturated heterocycles. The maximum absolute atomic E-state index is 14.3. The number of hydrogen-bond acceptors (Lipinski definition) is 6. The van der Waals surface area contributed by atoms with Gasteiger partial charge in [-0.1, -0.05) is 79.4 Å². The molecule has 4 unspecified atom stereocenters. The highest BCUT2D eigenvalue weighted by atomic mass is 16.6. The second-order valence-electron chi connectivity index (χ2n) is 10.6. The molecule has 0 fully saturated rings. The minimum Gasteiger partial charge on any atom is -0.481 e. The molecule has 0 heterocycles. The second kappa shape index (κ2) is 9.89. The van der Waals surface area contributed by atoms with E-state index in [2.05, 4.69) is 18.5 Å². The minimum absolute atomic E-state index is 0.0524. The number of para-hydroxylation sites is 1. The van der Waals surface area contributed by atoms with Crippen molar-refractivity contribution in [1.29, 1.82) is 0 Å². The van der Waals surface area contributed by atoms with E-state index < -0.39 is 46.9 Å². The molecule has 2 N–H and O–H groups in total. The van der Waals surface area contributed by atoms with Crippen LogP contribution in [0.2, 0.25) is 0 Å². The highest BCUT2D eigenvalue weighted by Gasteiger charge is 2.73. The number of carboxylic acids is 1. The number of ether oxygens (including phenoxy) is 2. The lowest BCUT2D eigenvalue weighted by Crippen LogP contribution is -2.67. The Bertz CT molecular complexity index is 1640. The fourth-order valence-corrected chi connectivity index (χ4v) is 6.06. The van der Waals surface area contributed by atoms with Crippen LogP contribution < -0.4 is 5.32 Å². The smallest absolute Gasteiger partial charge is 0.334 e. The van der Waals surface area contributed by atoms with Gasteiger partial charge in [0.15, 0.2) is 11.2 Å². The van der Waals surface area contributed by atoms with E-state index in [9.17, 15) is 24.3 Å². The third-order valence-electron chi connectivity index (χ3n) is 7.71. The molecule has 0 aromatic heterocycles. The van der Waals surface area contributed by atoms with E-state index in [-0.39, 0.29) is 11.1 Å². The Kier molecular flexibility index (Phi) is 6.65. The number of aliphatic carboxylic acids is 1. The monoisotopic (exact) mass is 551 g/mol. The molecule has 4 atom stereocenters. The molecule has 8 nitrogen and oxygen atoms in total. The summed E-state index contributed by atoms with van der Waals surface area (Å²) < 4.78 is 12.4. The van der Waals surface area contributed by atoms with Gasteiger partial charge in [-0.25, -0.2) is 9.59 Å². The average Bonchev–Trinajstić information content (AvgIpc) is 2.93. The van der Waals surface area contributed by atoms with Crippen molar-refractivity contribution >= 4 is 29.5 Å². The third-order valence-corrected chi connectivity index (χ3v) is 7.71. The van der Waals surface area contributed by atoms with Gasteiger partial charge in [0.1, 0.15) is 11.8 Å². The van der Waals surface area contributed by atoms with Crippen LogP contribution >= 0.6 is 0 Å². The van der Waals surface area contributed by atoms with Crippen molar-refractivity contribution in [1.82, 2.24) is 0 Å². The summed E-state index contributed by atoms with van der Waals surface area (Å²) in [6.45, 7) is 12.2. The highest BCUT2D eigenvalue weighted by Crippen LogP contribution is 2.65. The summed E-state index contributed by atoms with van der Waals surface area (Å²) >= 11 is 0. The predicted octanol–water partition coefficient (Wildman–Crippen LogP) is 5.00. The Labute approximate surface area is 237 Å². The van der Waals surface area contributed by atoms with Crippen molar-refractivity contribution in [2.75, 3.05) is 5.32 Å². The van der Waals surface area contributed by atoms with Gasteiger partial charge in [-0.2, -0.15) is 0 Å². The first kappa shape index (κ1) is 27.6. The summed E-state index contributed by atoms with van der Waals surface area (Å²) in [4.78, 5) is 54.3. The van der Waals surface area contributed by atoms with Crippen molar-refractivity contribution in [3.63, 3.8) is 0 Å². The van der Waals surface area contributed by atoms with Gasteiger partial charge in [-0.3, -0.25) is 9.59 Å². The Morgan fingerprint density at radius 3 is 1.73 bits per heavy atom. The molecule has 3 aromatic rings. The van der Waals surface area contributed by atoms with Crippen LogP contribution in [0.3, 0.4) is 0 Å². The zero-order chi connectivity index (χ0) is 29.7. The number of benzene rings is 3. The number of esters is 2. The molecule has 3 aromatic carbocycles. The van der Waals surface area contributed by atoms with Crippen LogP contribution in [-0.4, -0.2) is 28.9 Å². The number of rotatable bonds is 7. The lowest BCUT2D eigenvalue weighted by molar-refractivity contribution is -0.200. The van der Waals surface area contributed by atoms with Gasteiger partial charge < -0.3 is 19.9 Å². The summed E-state index contributed by atoms with van der Waals surface area (Å²) in [5.74, 6) is -7.03. The predicted molar refractivity (Wildman–Crippen MR) is 151 cm³/mol. The zero-order valence-electron chi connectivity index (χ0n) is 22.9. The van der Waals surface area contributed by atoms with Crippen molar-refractivity contribution in [3.05, 3.63) is 125 Å². The van der Waals surface area contributed by atoms with Crippen LogP contribution in [0.15, 0.2) is 97.1 Å². The van der Waals surface area contributed by atoms with Gasteiger partial charge in [0.2, 0.25) is 5.91 Å². The summed E-state index contributed by atoms with van der Waals surface area (Å²) in [7, 11) is 0. The molecule has 2 bridgehead atoms. The van der Waals surface area contributed by atoms with Crippen LogP contribution in [0.4, 0.5) is 5.69 Å². The van der Waals surface area contributed by atoms with Gasteiger partial charge in [-0.15, -0.1) is 0 Å². The molecule has 41 heavy (non-hydrogen) atoms. The van der Waals surface area contributed by atoms with Gasteiger partial charge in [0, 0.05) is 39.1 Å². The Morgan fingerprint density at radius 2 is 1.22 bits per heavy atom. The number of anilines is 1. The van der Waals surface area contributed by atoms with Crippen LogP contribution in [0.25, 0.3) is 0 Å². The number of nitrogens with one attached hydrogen (secondary N) is 1.